The minimum absolute atomic E-state index is 0.0648. The van der Waals surface area contributed by atoms with E-state index in [-0.39, 0.29) is 6.61 Å². The van der Waals surface area contributed by atoms with Gasteiger partial charge < -0.3 is 9.84 Å². The molecular formula is C10H12O3. The highest BCUT2D eigenvalue weighted by atomic mass is 16.7. The summed E-state index contributed by atoms with van der Waals surface area (Å²) in [6.07, 6.45) is 0.105. The van der Waals surface area contributed by atoms with Crippen LogP contribution in [0.2, 0.25) is 0 Å². The number of benzene rings is 1. The molecule has 0 spiro atoms. The molecule has 0 heterocycles. The molecule has 70 valence electrons. The maximum Gasteiger partial charge on any atom is 0.506 e. The maximum atomic E-state index is 9.49. The smallest absolute Gasteiger partial charge is 0.450 e. The molecule has 1 aromatic carbocycles. The average molecular weight is 180 g/mol. The summed E-state index contributed by atoms with van der Waals surface area (Å²) in [5.74, 6) is 0. The molecule has 0 saturated carbocycles. The zero-order valence-corrected chi connectivity index (χ0v) is 7.22. The Kier molecular flexibility index (Phi) is 7.19. The molecule has 3 heteroatoms. The molecule has 0 saturated heterocycles. The Morgan fingerprint density at radius 2 is 1.62 bits per heavy atom. The van der Waals surface area contributed by atoms with Crippen LogP contribution in [0, 0.1) is 0 Å². The predicted molar refractivity (Wildman–Crippen MR) is 50.6 cm³/mol. The standard InChI is InChI=1S/C6H6.C4H6O3/c1-2-4-6-5-3-1;1-2-3-7-4(5)6/h1-6H;2H,1,3H2,(H,5,6). The Morgan fingerprint density at radius 1 is 1.23 bits per heavy atom. The molecule has 1 rings (SSSR count). The summed E-state index contributed by atoms with van der Waals surface area (Å²) < 4.78 is 3.99. The Bertz CT molecular complexity index is 204. The van der Waals surface area contributed by atoms with Gasteiger partial charge in [-0.15, -0.1) is 0 Å². The molecule has 13 heavy (non-hydrogen) atoms. The number of hydrogen-bond donors (Lipinski definition) is 1. The summed E-state index contributed by atoms with van der Waals surface area (Å²) in [4.78, 5) is 9.49. The van der Waals surface area contributed by atoms with Gasteiger partial charge in [-0.05, 0) is 0 Å². The van der Waals surface area contributed by atoms with E-state index in [9.17, 15) is 4.79 Å². The van der Waals surface area contributed by atoms with Crippen LogP contribution in [0.1, 0.15) is 0 Å². The van der Waals surface area contributed by atoms with Gasteiger partial charge in [0.05, 0.1) is 0 Å². The molecule has 0 aliphatic carbocycles. The SMILES string of the molecule is C=CCOC(=O)O.c1ccccc1. The van der Waals surface area contributed by atoms with Crippen molar-refractivity contribution >= 4 is 6.16 Å². The highest BCUT2D eigenvalue weighted by Gasteiger charge is 1.87. The van der Waals surface area contributed by atoms with Gasteiger partial charge in [-0.2, -0.15) is 0 Å². The van der Waals surface area contributed by atoms with E-state index >= 15 is 0 Å². The summed E-state index contributed by atoms with van der Waals surface area (Å²) >= 11 is 0. The van der Waals surface area contributed by atoms with E-state index in [4.69, 9.17) is 5.11 Å². The molecular weight excluding hydrogens is 168 g/mol. The molecule has 0 bridgehead atoms. The topological polar surface area (TPSA) is 46.5 Å². The summed E-state index contributed by atoms with van der Waals surface area (Å²) in [7, 11) is 0. The lowest BCUT2D eigenvalue weighted by atomic mass is 10.4. The van der Waals surface area contributed by atoms with E-state index in [0.717, 1.165) is 0 Å². The lowest BCUT2D eigenvalue weighted by molar-refractivity contribution is 0.102. The third-order valence-electron chi connectivity index (χ3n) is 0.991. The van der Waals surface area contributed by atoms with Gasteiger partial charge in [-0.1, -0.05) is 49.1 Å². The van der Waals surface area contributed by atoms with E-state index in [1.165, 1.54) is 6.08 Å². The molecule has 0 fully saturated rings. The number of carboxylic acid groups (broad SMARTS) is 1. The molecule has 0 amide bonds. The molecule has 0 aliphatic heterocycles. The second-order valence-electron chi connectivity index (χ2n) is 2.02. The molecule has 0 aromatic heterocycles. The molecule has 3 nitrogen and oxygen atoms in total. The van der Waals surface area contributed by atoms with Gasteiger partial charge in [0.25, 0.3) is 0 Å². The van der Waals surface area contributed by atoms with Gasteiger partial charge in [0.2, 0.25) is 0 Å². The fourth-order valence-electron chi connectivity index (χ4n) is 0.515. The van der Waals surface area contributed by atoms with Crippen LogP contribution in [0.4, 0.5) is 4.79 Å². The lowest BCUT2D eigenvalue weighted by Gasteiger charge is -1.88. The highest BCUT2D eigenvalue weighted by Crippen LogP contribution is 1.79. The molecule has 0 unspecified atom stereocenters. The fraction of sp³-hybridized carbons (Fsp3) is 0.100. The van der Waals surface area contributed by atoms with Crippen molar-refractivity contribution in [3.05, 3.63) is 49.1 Å². The number of hydrogen-bond acceptors (Lipinski definition) is 2. The number of rotatable bonds is 2. The van der Waals surface area contributed by atoms with Crippen molar-refractivity contribution in [2.45, 2.75) is 0 Å². The Hall–Kier alpha value is -1.77. The molecule has 0 radical (unpaired) electrons. The minimum Gasteiger partial charge on any atom is -0.450 e. The number of ether oxygens (including phenoxy) is 1. The number of carbonyl (C=O) groups is 1. The van der Waals surface area contributed by atoms with E-state index in [0.29, 0.717) is 0 Å². The summed E-state index contributed by atoms with van der Waals surface area (Å²) in [6.45, 7) is 3.31. The summed E-state index contributed by atoms with van der Waals surface area (Å²) in [6, 6.07) is 12.0. The summed E-state index contributed by atoms with van der Waals surface area (Å²) in [5, 5.41) is 7.77. The minimum atomic E-state index is -1.26. The first-order valence-electron chi connectivity index (χ1n) is 3.74. The molecule has 1 N–H and O–H groups in total. The van der Waals surface area contributed by atoms with Crippen molar-refractivity contribution in [2.24, 2.45) is 0 Å². The van der Waals surface area contributed by atoms with Crippen molar-refractivity contribution in [1.29, 1.82) is 0 Å². The first-order valence-corrected chi connectivity index (χ1v) is 3.74. The predicted octanol–water partition coefficient (Wildman–Crippen LogP) is 2.55. The zero-order chi connectivity index (χ0) is 9.94. The Balaban J connectivity index is 0.000000223. The highest BCUT2D eigenvalue weighted by molar-refractivity contribution is 5.56. The van der Waals surface area contributed by atoms with Crippen LogP contribution in [0.3, 0.4) is 0 Å². The molecule has 0 aliphatic rings. The van der Waals surface area contributed by atoms with Crippen molar-refractivity contribution < 1.29 is 14.6 Å². The monoisotopic (exact) mass is 180 g/mol. The van der Waals surface area contributed by atoms with Crippen LogP contribution in [0.5, 0.6) is 0 Å². The van der Waals surface area contributed by atoms with Gasteiger partial charge in [-0.25, -0.2) is 4.79 Å². The van der Waals surface area contributed by atoms with Crippen molar-refractivity contribution in [2.75, 3.05) is 6.61 Å². The van der Waals surface area contributed by atoms with Crippen LogP contribution in [0.25, 0.3) is 0 Å². The molecule has 0 atom stereocenters. The van der Waals surface area contributed by atoms with Crippen LogP contribution < -0.4 is 0 Å². The first kappa shape index (κ1) is 11.2. The summed E-state index contributed by atoms with van der Waals surface area (Å²) in [5.41, 5.74) is 0. The van der Waals surface area contributed by atoms with E-state index < -0.39 is 6.16 Å². The largest absolute Gasteiger partial charge is 0.506 e. The Morgan fingerprint density at radius 3 is 1.77 bits per heavy atom. The second-order valence-corrected chi connectivity index (χ2v) is 2.02. The second kappa shape index (κ2) is 8.33. The van der Waals surface area contributed by atoms with Crippen LogP contribution in [0.15, 0.2) is 49.1 Å². The van der Waals surface area contributed by atoms with Crippen molar-refractivity contribution in [3.63, 3.8) is 0 Å². The van der Waals surface area contributed by atoms with E-state index in [1.807, 2.05) is 36.4 Å². The first-order chi connectivity index (χ1) is 6.27. The van der Waals surface area contributed by atoms with E-state index in [2.05, 4.69) is 11.3 Å². The quantitative estimate of drug-likeness (QED) is 0.562. The third kappa shape index (κ3) is 10.2. The third-order valence-corrected chi connectivity index (χ3v) is 0.991. The van der Waals surface area contributed by atoms with Gasteiger partial charge in [0, 0.05) is 0 Å². The molecule has 1 aromatic rings. The fourth-order valence-corrected chi connectivity index (χ4v) is 0.515. The average Bonchev–Trinajstić information content (AvgIpc) is 2.18. The van der Waals surface area contributed by atoms with Gasteiger partial charge >= 0.3 is 6.16 Å². The van der Waals surface area contributed by atoms with Crippen molar-refractivity contribution in [3.8, 4) is 0 Å². The maximum absolute atomic E-state index is 9.49. The van der Waals surface area contributed by atoms with Crippen LogP contribution in [-0.2, 0) is 4.74 Å². The Labute approximate surface area is 77.3 Å². The van der Waals surface area contributed by atoms with Gasteiger partial charge in [-0.3, -0.25) is 0 Å². The van der Waals surface area contributed by atoms with Crippen LogP contribution in [-0.4, -0.2) is 17.9 Å². The zero-order valence-electron chi connectivity index (χ0n) is 7.22. The van der Waals surface area contributed by atoms with Gasteiger partial charge in [0.15, 0.2) is 0 Å². The van der Waals surface area contributed by atoms with E-state index in [1.54, 1.807) is 0 Å². The van der Waals surface area contributed by atoms with Crippen LogP contribution >= 0.6 is 0 Å². The van der Waals surface area contributed by atoms with Gasteiger partial charge in [0.1, 0.15) is 6.61 Å². The normalized spacial score (nSPS) is 7.69. The lowest BCUT2D eigenvalue weighted by Crippen LogP contribution is -1.98. The van der Waals surface area contributed by atoms with Crippen molar-refractivity contribution in [1.82, 2.24) is 0 Å².